The van der Waals surface area contributed by atoms with Crippen molar-refractivity contribution in [2.24, 2.45) is 0 Å². The van der Waals surface area contributed by atoms with Crippen molar-refractivity contribution < 1.29 is 9.53 Å². The number of halogens is 2. The standard InChI is InChI=1S/C14H13Cl2N3O2/c1-17-14(20)9-7-18-13(16)6-11(9)19-10-4-3-8(15)5-12(10)21-2/h3-7H,1-2H3,(H,17,20)(H,18,19). The molecule has 0 fully saturated rings. The van der Waals surface area contributed by atoms with Crippen molar-refractivity contribution in [3.63, 3.8) is 0 Å². The minimum Gasteiger partial charge on any atom is -0.495 e. The maximum atomic E-state index is 11.9. The van der Waals surface area contributed by atoms with Gasteiger partial charge in [0.05, 0.1) is 24.0 Å². The van der Waals surface area contributed by atoms with Crippen LogP contribution in [0.1, 0.15) is 10.4 Å². The number of carbonyl (C=O) groups is 1. The van der Waals surface area contributed by atoms with Gasteiger partial charge < -0.3 is 15.4 Å². The van der Waals surface area contributed by atoms with Crippen LogP contribution in [-0.4, -0.2) is 25.0 Å². The minimum atomic E-state index is -0.269. The van der Waals surface area contributed by atoms with Gasteiger partial charge in [-0.3, -0.25) is 4.79 Å². The second-order valence-corrected chi connectivity index (χ2v) is 4.93. The molecule has 0 radical (unpaired) electrons. The van der Waals surface area contributed by atoms with E-state index in [0.29, 0.717) is 27.7 Å². The third-order valence-corrected chi connectivity index (χ3v) is 3.22. The Bertz CT molecular complexity index is 677. The van der Waals surface area contributed by atoms with Gasteiger partial charge in [-0.05, 0) is 18.2 Å². The van der Waals surface area contributed by atoms with Crippen LogP contribution in [0.3, 0.4) is 0 Å². The molecule has 21 heavy (non-hydrogen) atoms. The highest BCUT2D eigenvalue weighted by Crippen LogP contribution is 2.32. The van der Waals surface area contributed by atoms with E-state index in [0.717, 1.165) is 0 Å². The van der Waals surface area contributed by atoms with Crippen molar-refractivity contribution in [3.8, 4) is 5.75 Å². The van der Waals surface area contributed by atoms with Crippen molar-refractivity contribution in [1.82, 2.24) is 10.3 Å². The molecule has 1 amide bonds. The van der Waals surface area contributed by atoms with E-state index in [9.17, 15) is 4.79 Å². The maximum Gasteiger partial charge on any atom is 0.254 e. The highest BCUT2D eigenvalue weighted by Gasteiger charge is 2.13. The molecule has 1 aromatic carbocycles. The van der Waals surface area contributed by atoms with Crippen LogP contribution in [0.2, 0.25) is 10.2 Å². The lowest BCUT2D eigenvalue weighted by Gasteiger charge is -2.14. The number of hydrogen-bond donors (Lipinski definition) is 2. The fourth-order valence-electron chi connectivity index (χ4n) is 1.76. The van der Waals surface area contributed by atoms with Gasteiger partial charge in [0, 0.05) is 24.3 Å². The predicted octanol–water partition coefficient (Wildman–Crippen LogP) is 3.50. The number of amides is 1. The molecule has 5 nitrogen and oxygen atoms in total. The molecule has 0 spiro atoms. The van der Waals surface area contributed by atoms with E-state index in [-0.39, 0.29) is 11.1 Å². The number of nitrogens with one attached hydrogen (secondary N) is 2. The number of anilines is 2. The molecule has 110 valence electrons. The van der Waals surface area contributed by atoms with Gasteiger partial charge >= 0.3 is 0 Å². The summed E-state index contributed by atoms with van der Waals surface area (Å²) in [7, 11) is 3.08. The van der Waals surface area contributed by atoms with E-state index >= 15 is 0 Å². The Morgan fingerprint density at radius 3 is 2.67 bits per heavy atom. The van der Waals surface area contributed by atoms with E-state index in [1.807, 2.05) is 0 Å². The first kappa shape index (κ1) is 15.4. The Morgan fingerprint density at radius 2 is 2.00 bits per heavy atom. The lowest BCUT2D eigenvalue weighted by Crippen LogP contribution is -2.19. The summed E-state index contributed by atoms with van der Waals surface area (Å²) in [5.74, 6) is 0.285. The maximum absolute atomic E-state index is 11.9. The van der Waals surface area contributed by atoms with Gasteiger partial charge in [-0.2, -0.15) is 0 Å². The van der Waals surface area contributed by atoms with Crippen molar-refractivity contribution in [2.45, 2.75) is 0 Å². The zero-order valence-electron chi connectivity index (χ0n) is 11.4. The average Bonchev–Trinajstić information content (AvgIpc) is 2.48. The second kappa shape index (κ2) is 6.65. The van der Waals surface area contributed by atoms with Crippen LogP contribution in [0.25, 0.3) is 0 Å². The summed E-state index contributed by atoms with van der Waals surface area (Å²) in [5, 5.41) is 6.49. The summed E-state index contributed by atoms with van der Waals surface area (Å²) in [5.41, 5.74) is 1.56. The number of rotatable bonds is 4. The van der Waals surface area contributed by atoms with Crippen molar-refractivity contribution in [1.29, 1.82) is 0 Å². The van der Waals surface area contributed by atoms with Gasteiger partial charge in [0.25, 0.3) is 5.91 Å². The molecule has 2 aromatic rings. The largest absolute Gasteiger partial charge is 0.495 e. The Kier molecular flexibility index (Phi) is 4.88. The summed E-state index contributed by atoms with van der Waals surface area (Å²) in [6.07, 6.45) is 1.41. The lowest BCUT2D eigenvalue weighted by molar-refractivity contribution is 0.0963. The lowest BCUT2D eigenvalue weighted by atomic mass is 10.2. The number of methoxy groups -OCH3 is 1. The smallest absolute Gasteiger partial charge is 0.254 e. The molecule has 7 heteroatoms. The van der Waals surface area contributed by atoms with Crippen LogP contribution in [0, 0.1) is 0 Å². The summed E-state index contributed by atoms with van der Waals surface area (Å²) in [6, 6.07) is 6.71. The normalized spacial score (nSPS) is 10.1. The molecular formula is C14H13Cl2N3O2. The zero-order chi connectivity index (χ0) is 15.4. The van der Waals surface area contributed by atoms with Crippen LogP contribution < -0.4 is 15.4 Å². The molecule has 0 atom stereocenters. The zero-order valence-corrected chi connectivity index (χ0v) is 12.9. The molecular weight excluding hydrogens is 313 g/mol. The molecule has 0 saturated carbocycles. The Labute approximate surface area is 132 Å². The van der Waals surface area contributed by atoms with Gasteiger partial charge in [0.1, 0.15) is 10.9 Å². The number of benzene rings is 1. The molecule has 0 saturated heterocycles. The van der Waals surface area contributed by atoms with Crippen LogP contribution in [0.15, 0.2) is 30.5 Å². The summed E-state index contributed by atoms with van der Waals surface area (Å²) in [4.78, 5) is 15.8. The van der Waals surface area contributed by atoms with Crippen molar-refractivity contribution in [2.75, 3.05) is 19.5 Å². The molecule has 0 unspecified atom stereocenters. The monoisotopic (exact) mass is 325 g/mol. The van der Waals surface area contributed by atoms with Crippen LogP contribution >= 0.6 is 23.2 Å². The number of carbonyl (C=O) groups excluding carboxylic acids is 1. The third-order valence-electron chi connectivity index (χ3n) is 2.78. The van der Waals surface area contributed by atoms with Gasteiger partial charge in [-0.25, -0.2) is 4.98 Å². The van der Waals surface area contributed by atoms with Gasteiger partial charge in [-0.15, -0.1) is 0 Å². The number of pyridine rings is 1. The molecule has 1 heterocycles. The van der Waals surface area contributed by atoms with Gasteiger partial charge in [0.2, 0.25) is 0 Å². The molecule has 0 aliphatic carbocycles. The van der Waals surface area contributed by atoms with Crippen LogP contribution in [0.4, 0.5) is 11.4 Å². The molecule has 2 N–H and O–H groups in total. The van der Waals surface area contributed by atoms with Crippen LogP contribution in [-0.2, 0) is 0 Å². The van der Waals surface area contributed by atoms with Crippen LogP contribution in [0.5, 0.6) is 5.75 Å². The van der Waals surface area contributed by atoms with Crippen molar-refractivity contribution >= 4 is 40.5 Å². The average molecular weight is 326 g/mol. The molecule has 0 bridgehead atoms. The quantitative estimate of drug-likeness (QED) is 0.844. The first-order chi connectivity index (χ1) is 10.0. The Balaban J connectivity index is 2.43. The highest BCUT2D eigenvalue weighted by molar-refractivity contribution is 6.31. The SMILES string of the molecule is CNC(=O)c1cnc(Cl)cc1Nc1ccc(Cl)cc1OC. The van der Waals surface area contributed by atoms with E-state index in [4.69, 9.17) is 27.9 Å². The van der Waals surface area contributed by atoms with E-state index in [1.54, 1.807) is 31.3 Å². The fraction of sp³-hybridized carbons (Fsp3) is 0.143. The second-order valence-electron chi connectivity index (χ2n) is 4.10. The molecule has 2 rings (SSSR count). The topological polar surface area (TPSA) is 63.2 Å². The molecule has 0 aliphatic heterocycles. The fourth-order valence-corrected chi connectivity index (χ4v) is 2.08. The number of nitrogens with zero attached hydrogens (tertiary/aromatic N) is 1. The number of ether oxygens (including phenoxy) is 1. The summed E-state index contributed by atoms with van der Waals surface area (Å²) < 4.78 is 5.26. The number of hydrogen-bond acceptors (Lipinski definition) is 4. The Morgan fingerprint density at radius 1 is 1.24 bits per heavy atom. The van der Waals surface area contributed by atoms with Gasteiger partial charge in [0.15, 0.2) is 0 Å². The predicted molar refractivity (Wildman–Crippen MR) is 83.9 cm³/mol. The summed E-state index contributed by atoms with van der Waals surface area (Å²) in [6.45, 7) is 0. The number of aromatic nitrogens is 1. The highest BCUT2D eigenvalue weighted by atomic mass is 35.5. The van der Waals surface area contributed by atoms with E-state index in [1.165, 1.54) is 13.3 Å². The first-order valence-corrected chi connectivity index (χ1v) is 6.79. The van der Waals surface area contributed by atoms with E-state index < -0.39 is 0 Å². The van der Waals surface area contributed by atoms with E-state index in [2.05, 4.69) is 15.6 Å². The summed E-state index contributed by atoms with van der Waals surface area (Å²) >= 11 is 11.8. The van der Waals surface area contributed by atoms with Crippen molar-refractivity contribution in [3.05, 3.63) is 46.2 Å². The van der Waals surface area contributed by atoms with Gasteiger partial charge in [-0.1, -0.05) is 23.2 Å². The molecule has 0 aliphatic rings. The minimum absolute atomic E-state index is 0.269. The molecule has 1 aromatic heterocycles. The third kappa shape index (κ3) is 3.56. The first-order valence-electron chi connectivity index (χ1n) is 6.03. The Hall–Kier alpha value is -1.98.